The van der Waals surface area contributed by atoms with Crippen molar-refractivity contribution in [2.24, 2.45) is 0 Å². The van der Waals surface area contributed by atoms with E-state index in [0.717, 1.165) is 26.0 Å². The maximum absolute atomic E-state index is 5.90. The maximum atomic E-state index is 5.90. The Hall–Kier alpha value is 0.0400. The minimum atomic E-state index is 0.759. The molecule has 1 saturated heterocycles. The lowest BCUT2D eigenvalue weighted by atomic mass is 10.00. The molecule has 1 heterocycles. The van der Waals surface area contributed by atoms with E-state index < -0.39 is 0 Å². The molecular formula is C15H15ClS3. The van der Waals surface area contributed by atoms with Crippen LogP contribution >= 0.6 is 47.3 Å². The SMILES string of the molecule is S=C(C=C1S[C@@H]2CCCC[C@H]2S1)c1ccc(Cl)cc1. The summed E-state index contributed by atoms with van der Waals surface area (Å²) in [5, 5.41) is 2.39. The Kier molecular flexibility index (Phi) is 4.58. The molecule has 1 aromatic rings. The van der Waals surface area contributed by atoms with Crippen LogP contribution in [0.5, 0.6) is 0 Å². The first-order valence-electron chi connectivity index (χ1n) is 6.57. The number of fused-ring (bicyclic) bond motifs is 1. The van der Waals surface area contributed by atoms with Crippen LogP contribution in [0.1, 0.15) is 31.2 Å². The van der Waals surface area contributed by atoms with Crippen molar-refractivity contribution in [1.82, 2.24) is 0 Å². The highest BCUT2D eigenvalue weighted by Gasteiger charge is 2.33. The summed E-state index contributed by atoms with van der Waals surface area (Å²) in [6.07, 6.45) is 7.69. The first-order chi connectivity index (χ1) is 9.22. The average Bonchev–Trinajstić information content (AvgIpc) is 2.81. The normalized spacial score (nSPS) is 26.1. The molecule has 4 heteroatoms. The van der Waals surface area contributed by atoms with Crippen molar-refractivity contribution >= 4 is 52.2 Å². The van der Waals surface area contributed by atoms with Crippen LogP contribution in [0.25, 0.3) is 0 Å². The summed E-state index contributed by atoms with van der Waals surface area (Å²) in [5.41, 5.74) is 1.09. The smallest absolute Gasteiger partial charge is 0.0465 e. The Morgan fingerprint density at radius 1 is 1.11 bits per heavy atom. The van der Waals surface area contributed by atoms with Gasteiger partial charge < -0.3 is 0 Å². The highest BCUT2D eigenvalue weighted by Crippen LogP contribution is 2.52. The molecule has 2 atom stereocenters. The Morgan fingerprint density at radius 2 is 1.68 bits per heavy atom. The summed E-state index contributed by atoms with van der Waals surface area (Å²) >= 11 is 15.5. The summed E-state index contributed by atoms with van der Waals surface area (Å²) in [5.74, 6) is 0. The predicted molar refractivity (Wildman–Crippen MR) is 92.5 cm³/mol. The third-order valence-corrected chi connectivity index (χ3v) is 7.34. The molecule has 0 aromatic heterocycles. The second kappa shape index (κ2) is 6.21. The first kappa shape index (κ1) is 14.0. The second-order valence-corrected chi connectivity index (χ2v) is 8.63. The van der Waals surface area contributed by atoms with Crippen LogP contribution in [0.15, 0.2) is 34.6 Å². The van der Waals surface area contributed by atoms with Crippen molar-refractivity contribution in [2.45, 2.75) is 36.2 Å². The molecule has 0 nitrogen and oxygen atoms in total. The fourth-order valence-electron chi connectivity index (χ4n) is 2.53. The van der Waals surface area contributed by atoms with E-state index in [4.69, 9.17) is 23.8 Å². The molecule has 1 aliphatic carbocycles. The van der Waals surface area contributed by atoms with Crippen LogP contribution in [-0.4, -0.2) is 15.4 Å². The lowest BCUT2D eigenvalue weighted by molar-refractivity contribution is 0.532. The van der Waals surface area contributed by atoms with E-state index in [1.807, 2.05) is 47.8 Å². The summed E-state index contributed by atoms with van der Waals surface area (Å²) in [4.78, 5) is 0.922. The van der Waals surface area contributed by atoms with Crippen molar-refractivity contribution in [3.63, 3.8) is 0 Å². The van der Waals surface area contributed by atoms with Gasteiger partial charge in [0.25, 0.3) is 0 Å². The molecule has 0 spiro atoms. The van der Waals surface area contributed by atoms with Crippen LogP contribution in [-0.2, 0) is 0 Å². The van der Waals surface area contributed by atoms with E-state index in [2.05, 4.69) is 6.08 Å². The Bertz CT molecular complexity index is 491. The lowest BCUT2D eigenvalue weighted by Crippen LogP contribution is -2.19. The minimum Gasteiger partial charge on any atom is -0.115 e. The maximum Gasteiger partial charge on any atom is 0.0465 e. The van der Waals surface area contributed by atoms with Gasteiger partial charge in [0.15, 0.2) is 0 Å². The molecule has 0 bridgehead atoms. The van der Waals surface area contributed by atoms with E-state index in [1.54, 1.807) is 0 Å². The first-order valence-corrected chi connectivity index (χ1v) is 9.12. The molecular weight excluding hydrogens is 312 g/mol. The van der Waals surface area contributed by atoms with Crippen molar-refractivity contribution in [3.05, 3.63) is 45.2 Å². The van der Waals surface area contributed by atoms with Gasteiger partial charge in [-0.1, -0.05) is 48.8 Å². The fourth-order valence-corrected chi connectivity index (χ4v) is 6.47. The number of hydrogen-bond donors (Lipinski definition) is 0. The number of hydrogen-bond acceptors (Lipinski definition) is 3. The van der Waals surface area contributed by atoms with Crippen molar-refractivity contribution < 1.29 is 0 Å². The number of thioether (sulfide) groups is 2. The van der Waals surface area contributed by atoms with Crippen LogP contribution in [0.4, 0.5) is 0 Å². The van der Waals surface area contributed by atoms with Crippen molar-refractivity contribution in [2.75, 3.05) is 0 Å². The van der Waals surface area contributed by atoms with Crippen LogP contribution < -0.4 is 0 Å². The predicted octanol–water partition coefficient (Wildman–Crippen LogP) is 5.69. The third-order valence-electron chi connectivity index (χ3n) is 3.55. The number of benzene rings is 1. The van der Waals surface area contributed by atoms with E-state index in [-0.39, 0.29) is 0 Å². The van der Waals surface area contributed by atoms with Gasteiger partial charge in [-0.2, -0.15) is 0 Å². The third kappa shape index (κ3) is 3.38. The van der Waals surface area contributed by atoms with Crippen molar-refractivity contribution in [3.8, 4) is 0 Å². The van der Waals surface area contributed by atoms with E-state index in [9.17, 15) is 0 Å². The summed E-state index contributed by atoms with van der Waals surface area (Å²) in [6.45, 7) is 0. The fraction of sp³-hybridized carbons (Fsp3) is 0.400. The van der Waals surface area contributed by atoms with E-state index >= 15 is 0 Å². The zero-order valence-electron chi connectivity index (χ0n) is 10.5. The molecule has 2 fully saturated rings. The molecule has 1 aliphatic heterocycles. The Morgan fingerprint density at radius 3 is 2.26 bits per heavy atom. The molecule has 0 unspecified atom stereocenters. The summed E-state index contributed by atoms with van der Waals surface area (Å²) < 4.78 is 1.40. The molecule has 1 aromatic carbocycles. The van der Waals surface area contributed by atoms with Crippen LogP contribution in [0.2, 0.25) is 5.02 Å². The van der Waals surface area contributed by atoms with Gasteiger partial charge in [-0.3, -0.25) is 0 Å². The quantitative estimate of drug-likeness (QED) is 0.389. The summed E-state index contributed by atoms with van der Waals surface area (Å²) in [7, 11) is 0. The van der Waals surface area contributed by atoms with Gasteiger partial charge in [-0.15, -0.1) is 23.5 Å². The van der Waals surface area contributed by atoms with Gasteiger partial charge in [0.2, 0.25) is 0 Å². The highest BCUT2D eigenvalue weighted by atomic mass is 35.5. The van der Waals surface area contributed by atoms with E-state index in [1.165, 1.54) is 29.9 Å². The van der Waals surface area contributed by atoms with Crippen molar-refractivity contribution in [1.29, 1.82) is 0 Å². The Balaban J connectivity index is 1.72. The van der Waals surface area contributed by atoms with E-state index in [0.29, 0.717) is 0 Å². The molecule has 100 valence electrons. The molecule has 0 radical (unpaired) electrons. The van der Waals surface area contributed by atoms with Gasteiger partial charge in [0.1, 0.15) is 0 Å². The topological polar surface area (TPSA) is 0 Å². The number of allylic oxidation sites excluding steroid dienone is 1. The number of thiocarbonyl (C=S) groups is 1. The zero-order chi connectivity index (χ0) is 13.2. The monoisotopic (exact) mass is 326 g/mol. The second-order valence-electron chi connectivity index (χ2n) is 4.93. The molecule has 2 aliphatic rings. The molecule has 3 rings (SSSR count). The number of halogens is 1. The van der Waals surface area contributed by atoms with Gasteiger partial charge in [0, 0.05) is 24.6 Å². The van der Waals surface area contributed by atoms with Crippen LogP contribution in [0.3, 0.4) is 0 Å². The van der Waals surface area contributed by atoms with Gasteiger partial charge in [-0.25, -0.2) is 0 Å². The van der Waals surface area contributed by atoms with Gasteiger partial charge >= 0.3 is 0 Å². The molecule has 19 heavy (non-hydrogen) atoms. The van der Waals surface area contributed by atoms with Crippen LogP contribution in [0, 0.1) is 0 Å². The van der Waals surface area contributed by atoms with Gasteiger partial charge in [0.05, 0.1) is 0 Å². The van der Waals surface area contributed by atoms with Gasteiger partial charge in [-0.05, 0) is 36.6 Å². The lowest BCUT2D eigenvalue weighted by Gasteiger charge is -2.21. The minimum absolute atomic E-state index is 0.759. The molecule has 1 saturated carbocycles. The standard InChI is InChI=1S/C15H15ClS3/c16-11-7-5-10(6-8-11)12(17)9-15-18-13-3-1-2-4-14(13)19-15/h5-9,13-14H,1-4H2/t13-,14-/m1/s1. The largest absolute Gasteiger partial charge is 0.115 e. The molecule has 0 N–H and O–H groups in total. The molecule has 0 amide bonds. The Labute approximate surface area is 133 Å². The highest BCUT2D eigenvalue weighted by molar-refractivity contribution is 8.26. The zero-order valence-corrected chi connectivity index (χ0v) is 13.7. The average molecular weight is 327 g/mol. The summed E-state index contributed by atoms with van der Waals surface area (Å²) in [6, 6.07) is 7.80. The number of rotatable bonds is 2.